The van der Waals surface area contributed by atoms with Crippen LogP contribution in [0.15, 0.2) is 0 Å². The lowest BCUT2D eigenvalue weighted by Gasteiger charge is -2.42. The zero-order chi connectivity index (χ0) is 11.5. The van der Waals surface area contributed by atoms with E-state index in [-0.39, 0.29) is 12.1 Å². The van der Waals surface area contributed by atoms with Gasteiger partial charge < -0.3 is 14.7 Å². The zero-order valence-electron chi connectivity index (χ0n) is 10.4. The molecule has 2 aliphatic rings. The van der Waals surface area contributed by atoms with Gasteiger partial charge in [0.2, 0.25) is 0 Å². The first kappa shape index (κ1) is 12.3. The van der Waals surface area contributed by atoms with Gasteiger partial charge in [0, 0.05) is 12.6 Å². The van der Waals surface area contributed by atoms with Crippen LogP contribution in [0.25, 0.3) is 0 Å². The van der Waals surface area contributed by atoms with Crippen molar-refractivity contribution in [2.75, 3.05) is 40.4 Å². The van der Waals surface area contributed by atoms with Crippen molar-refractivity contribution in [3.8, 4) is 0 Å². The summed E-state index contributed by atoms with van der Waals surface area (Å²) in [6.45, 7) is 3.72. The van der Waals surface area contributed by atoms with Gasteiger partial charge in [0.15, 0.2) is 0 Å². The first-order valence-electron chi connectivity index (χ1n) is 6.35. The van der Waals surface area contributed by atoms with E-state index in [1.54, 1.807) is 0 Å². The molecular formula is C12H24N2O2. The van der Waals surface area contributed by atoms with Crippen molar-refractivity contribution in [3.63, 3.8) is 0 Å². The van der Waals surface area contributed by atoms with Crippen molar-refractivity contribution >= 4 is 0 Å². The Kier molecular flexibility index (Phi) is 4.19. The van der Waals surface area contributed by atoms with E-state index in [1.807, 2.05) is 0 Å². The molecule has 0 spiro atoms. The predicted octanol–water partition coefficient (Wildman–Crippen LogP) is 0.162. The zero-order valence-corrected chi connectivity index (χ0v) is 10.4. The van der Waals surface area contributed by atoms with E-state index in [2.05, 4.69) is 23.9 Å². The molecule has 16 heavy (non-hydrogen) atoms. The average Bonchev–Trinajstić information content (AvgIpc) is 2.30. The molecule has 2 heterocycles. The highest BCUT2D eigenvalue weighted by molar-refractivity contribution is 4.86. The summed E-state index contributed by atoms with van der Waals surface area (Å²) in [5, 5.41) is 9.99. The molecule has 0 aromatic heterocycles. The van der Waals surface area contributed by atoms with Gasteiger partial charge in [-0.15, -0.1) is 0 Å². The lowest BCUT2D eigenvalue weighted by Crippen LogP contribution is -2.54. The van der Waals surface area contributed by atoms with Crippen molar-refractivity contribution in [3.05, 3.63) is 0 Å². The first-order valence-corrected chi connectivity index (χ1v) is 6.35. The second-order valence-corrected chi connectivity index (χ2v) is 5.20. The third-order valence-corrected chi connectivity index (χ3v) is 4.08. The van der Waals surface area contributed by atoms with Crippen LogP contribution in [0.3, 0.4) is 0 Å². The van der Waals surface area contributed by atoms with Gasteiger partial charge in [-0.25, -0.2) is 0 Å². The van der Waals surface area contributed by atoms with E-state index in [4.69, 9.17) is 4.74 Å². The van der Waals surface area contributed by atoms with E-state index < -0.39 is 0 Å². The summed E-state index contributed by atoms with van der Waals surface area (Å²) in [5.74, 6) is 0. The number of likely N-dealkylation sites (tertiary alicyclic amines) is 1. The van der Waals surface area contributed by atoms with Crippen molar-refractivity contribution in [2.45, 2.75) is 37.5 Å². The number of likely N-dealkylation sites (N-methyl/N-ethyl adjacent to an activating group) is 1. The number of aliphatic hydroxyl groups is 1. The molecule has 0 amide bonds. The van der Waals surface area contributed by atoms with Crippen LogP contribution in [0.2, 0.25) is 0 Å². The number of rotatable bonds is 2. The lowest BCUT2D eigenvalue weighted by atomic mass is 9.98. The maximum absolute atomic E-state index is 9.99. The Hall–Kier alpha value is -0.160. The minimum Gasteiger partial charge on any atom is -0.391 e. The number of hydrogen-bond acceptors (Lipinski definition) is 4. The van der Waals surface area contributed by atoms with Crippen LogP contribution < -0.4 is 0 Å². The quantitative estimate of drug-likeness (QED) is 0.730. The SMILES string of the molecule is CN1CCC(N(C)C2COCCC2O)CC1. The summed E-state index contributed by atoms with van der Waals surface area (Å²) in [7, 11) is 4.31. The maximum atomic E-state index is 9.99. The monoisotopic (exact) mass is 228 g/mol. The molecule has 2 fully saturated rings. The molecule has 2 aliphatic heterocycles. The normalized spacial score (nSPS) is 34.5. The maximum Gasteiger partial charge on any atom is 0.0739 e. The van der Waals surface area contributed by atoms with E-state index in [0.29, 0.717) is 19.3 Å². The van der Waals surface area contributed by atoms with Gasteiger partial charge in [-0.1, -0.05) is 0 Å². The molecule has 0 aliphatic carbocycles. The standard InChI is InChI=1S/C12H24N2O2/c1-13-6-3-10(4-7-13)14(2)11-9-16-8-5-12(11)15/h10-12,15H,3-9H2,1-2H3. The molecule has 0 aromatic carbocycles. The largest absolute Gasteiger partial charge is 0.391 e. The Morgan fingerprint density at radius 2 is 1.94 bits per heavy atom. The minimum atomic E-state index is -0.210. The van der Waals surface area contributed by atoms with Crippen LogP contribution in [0.5, 0.6) is 0 Å². The molecule has 2 atom stereocenters. The topological polar surface area (TPSA) is 35.9 Å². The average molecular weight is 228 g/mol. The minimum absolute atomic E-state index is 0.196. The Labute approximate surface area is 98.2 Å². The Morgan fingerprint density at radius 1 is 1.25 bits per heavy atom. The van der Waals surface area contributed by atoms with Gasteiger partial charge in [-0.05, 0) is 46.4 Å². The molecule has 0 aromatic rings. The summed E-state index contributed by atoms with van der Waals surface area (Å²) in [5.41, 5.74) is 0. The molecule has 94 valence electrons. The van der Waals surface area contributed by atoms with Gasteiger partial charge in [-0.3, -0.25) is 4.90 Å². The highest BCUT2D eigenvalue weighted by Crippen LogP contribution is 2.21. The van der Waals surface area contributed by atoms with Crippen molar-refractivity contribution in [1.82, 2.24) is 9.80 Å². The highest BCUT2D eigenvalue weighted by atomic mass is 16.5. The lowest BCUT2D eigenvalue weighted by molar-refractivity contribution is -0.0703. The molecule has 4 heteroatoms. The Balaban J connectivity index is 1.88. The molecule has 4 nitrogen and oxygen atoms in total. The molecule has 2 saturated heterocycles. The van der Waals surface area contributed by atoms with Crippen molar-refractivity contribution in [1.29, 1.82) is 0 Å². The van der Waals surface area contributed by atoms with Crippen LogP contribution in [0, 0.1) is 0 Å². The van der Waals surface area contributed by atoms with Gasteiger partial charge in [-0.2, -0.15) is 0 Å². The van der Waals surface area contributed by atoms with Gasteiger partial charge in [0.25, 0.3) is 0 Å². The van der Waals surface area contributed by atoms with Crippen LogP contribution in [0.1, 0.15) is 19.3 Å². The number of nitrogens with zero attached hydrogens (tertiary/aromatic N) is 2. The van der Waals surface area contributed by atoms with E-state index in [0.717, 1.165) is 6.42 Å². The molecule has 0 saturated carbocycles. The molecule has 2 rings (SSSR count). The summed E-state index contributed by atoms with van der Waals surface area (Å²) < 4.78 is 5.47. The smallest absolute Gasteiger partial charge is 0.0739 e. The Morgan fingerprint density at radius 3 is 2.56 bits per heavy atom. The number of piperidine rings is 1. The summed E-state index contributed by atoms with van der Waals surface area (Å²) >= 11 is 0. The van der Waals surface area contributed by atoms with Crippen LogP contribution >= 0.6 is 0 Å². The van der Waals surface area contributed by atoms with Crippen LogP contribution in [-0.4, -0.2) is 73.5 Å². The van der Waals surface area contributed by atoms with E-state index in [9.17, 15) is 5.11 Å². The van der Waals surface area contributed by atoms with E-state index in [1.165, 1.54) is 25.9 Å². The molecule has 0 radical (unpaired) electrons. The highest BCUT2D eigenvalue weighted by Gasteiger charge is 2.32. The van der Waals surface area contributed by atoms with Gasteiger partial charge in [0.05, 0.1) is 18.8 Å². The first-order chi connectivity index (χ1) is 7.68. The van der Waals surface area contributed by atoms with Gasteiger partial charge >= 0.3 is 0 Å². The fourth-order valence-electron chi connectivity index (χ4n) is 2.77. The predicted molar refractivity (Wildman–Crippen MR) is 63.5 cm³/mol. The van der Waals surface area contributed by atoms with Crippen molar-refractivity contribution in [2.24, 2.45) is 0 Å². The molecule has 0 bridgehead atoms. The fraction of sp³-hybridized carbons (Fsp3) is 1.00. The summed E-state index contributed by atoms with van der Waals surface area (Å²) in [4.78, 5) is 4.72. The molecule has 1 N–H and O–H groups in total. The second kappa shape index (κ2) is 5.45. The molecule has 2 unspecified atom stereocenters. The molecular weight excluding hydrogens is 204 g/mol. The summed E-state index contributed by atoms with van der Waals surface area (Å²) in [6, 6.07) is 0.805. The third kappa shape index (κ3) is 2.74. The second-order valence-electron chi connectivity index (χ2n) is 5.20. The van der Waals surface area contributed by atoms with Crippen LogP contribution in [-0.2, 0) is 4.74 Å². The van der Waals surface area contributed by atoms with E-state index >= 15 is 0 Å². The number of ether oxygens (including phenoxy) is 1. The number of hydrogen-bond donors (Lipinski definition) is 1. The summed E-state index contributed by atoms with van der Waals surface area (Å²) in [6.07, 6.45) is 2.98. The fourth-order valence-corrected chi connectivity index (χ4v) is 2.77. The van der Waals surface area contributed by atoms with Crippen LogP contribution in [0.4, 0.5) is 0 Å². The van der Waals surface area contributed by atoms with Crippen molar-refractivity contribution < 1.29 is 9.84 Å². The Bertz CT molecular complexity index is 217. The van der Waals surface area contributed by atoms with Gasteiger partial charge in [0.1, 0.15) is 0 Å². The number of aliphatic hydroxyl groups excluding tert-OH is 1. The third-order valence-electron chi connectivity index (χ3n) is 4.08.